The molecule has 0 aromatic heterocycles. The van der Waals surface area contributed by atoms with E-state index in [-0.39, 0.29) is 11.8 Å². The van der Waals surface area contributed by atoms with E-state index in [0.717, 1.165) is 22.4 Å². The number of amides is 2. The van der Waals surface area contributed by atoms with Crippen molar-refractivity contribution in [2.24, 2.45) is 0 Å². The van der Waals surface area contributed by atoms with Crippen LogP contribution in [0.2, 0.25) is 0 Å². The van der Waals surface area contributed by atoms with Crippen molar-refractivity contribution in [1.82, 2.24) is 5.32 Å². The van der Waals surface area contributed by atoms with Gasteiger partial charge in [-0.25, -0.2) is 0 Å². The molecule has 0 radical (unpaired) electrons. The monoisotopic (exact) mass is 322 g/mol. The van der Waals surface area contributed by atoms with E-state index in [1.807, 2.05) is 51.1 Å². The van der Waals surface area contributed by atoms with Crippen molar-refractivity contribution in [3.8, 4) is 0 Å². The quantitative estimate of drug-likeness (QED) is 0.944. The number of aryl methyl sites for hydroxylation is 3. The molecule has 1 heterocycles. The highest BCUT2D eigenvalue weighted by Crippen LogP contribution is 2.24. The molecule has 0 bridgehead atoms. The molecule has 1 aliphatic heterocycles. The van der Waals surface area contributed by atoms with Gasteiger partial charge < -0.3 is 10.2 Å². The van der Waals surface area contributed by atoms with Crippen LogP contribution in [0, 0.1) is 20.8 Å². The Morgan fingerprint density at radius 3 is 2.42 bits per heavy atom. The number of carbonyl (C=O) groups is 2. The van der Waals surface area contributed by atoms with Crippen LogP contribution in [0.4, 0.5) is 5.69 Å². The molecule has 1 atom stereocenters. The standard InChI is InChI=1S/C20H22N2O2/c1-13-10-14(2)12-16(11-13)22-9-8-18(20(22)24)21-19(23)17-7-5-4-6-15(17)3/h4-7,10-12,18H,8-9H2,1-3H3,(H,21,23)/t18-/m0/s1. The topological polar surface area (TPSA) is 49.4 Å². The van der Waals surface area contributed by atoms with Gasteiger partial charge in [0.05, 0.1) is 0 Å². The second kappa shape index (κ2) is 6.48. The highest BCUT2D eigenvalue weighted by Gasteiger charge is 2.34. The van der Waals surface area contributed by atoms with E-state index >= 15 is 0 Å². The van der Waals surface area contributed by atoms with Crippen molar-refractivity contribution in [2.45, 2.75) is 33.2 Å². The maximum absolute atomic E-state index is 12.7. The molecule has 2 aromatic rings. The van der Waals surface area contributed by atoms with Gasteiger partial charge in [-0.3, -0.25) is 9.59 Å². The summed E-state index contributed by atoms with van der Waals surface area (Å²) in [5, 5.41) is 2.88. The maximum atomic E-state index is 12.7. The molecule has 24 heavy (non-hydrogen) atoms. The van der Waals surface area contributed by atoms with Crippen LogP contribution in [0.15, 0.2) is 42.5 Å². The molecule has 1 fully saturated rings. The van der Waals surface area contributed by atoms with E-state index in [2.05, 4.69) is 11.4 Å². The Balaban J connectivity index is 1.75. The van der Waals surface area contributed by atoms with Crippen molar-refractivity contribution in [3.63, 3.8) is 0 Å². The average molecular weight is 322 g/mol. The fraction of sp³-hybridized carbons (Fsp3) is 0.300. The first kappa shape index (κ1) is 16.2. The molecule has 0 aliphatic carbocycles. The minimum atomic E-state index is -0.460. The number of carbonyl (C=O) groups excluding carboxylic acids is 2. The smallest absolute Gasteiger partial charge is 0.252 e. The molecule has 1 saturated heterocycles. The van der Waals surface area contributed by atoms with Gasteiger partial charge in [0.2, 0.25) is 5.91 Å². The van der Waals surface area contributed by atoms with Crippen LogP contribution in [0.5, 0.6) is 0 Å². The number of hydrogen-bond acceptors (Lipinski definition) is 2. The lowest BCUT2D eigenvalue weighted by Gasteiger charge is -2.18. The number of anilines is 1. The normalized spacial score (nSPS) is 17.2. The van der Waals surface area contributed by atoms with E-state index in [1.54, 1.807) is 11.0 Å². The lowest BCUT2D eigenvalue weighted by Crippen LogP contribution is -2.41. The van der Waals surface area contributed by atoms with Crippen LogP contribution in [-0.4, -0.2) is 24.4 Å². The lowest BCUT2D eigenvalue weighted by atomic mass is 10.1. The maximum Gasteiger partial charge on any atom is 0.252 e. The molecule has 4 nitrogen and oxygen atoms in total. The van der Waals surface area contributed by atoms with Gasteiger partial charge in [0.15, 0.2) is 0 Å². The first-order valence-electron chi connectivity index (χ1n) is 8.22. The SMILES string of the molecule is Cc1cc(C)cc(N2CC[C@H](NC(=O)c3ccccc3C)C2=O)c1. The Morgan fingerprint density at radius 2 is 1.75 bits per heavy atom. The molecule has 1 N–H and O–H groups in total. The van der Waals surface area contributed by atoms with Crippen LogP contribution >= 0.6 is 0 Å². The first-order valence-corrected chi connectivity index (χ1v) is 8.22. The third-order valence-corrected chi connectivity index (χ3v) is 4.42. The molecule has 0 unspecified atom stereocenters. The Morgan fingerprint density at radius 1 is 1.08 bits per heavy atom. The molecule has 2 amide bonds. The number of nitrogens with zero attached hydrogens (tertiary/aromatic N) is 1. The van der Waals surface area contributed by atoms with E-state index in [9.17, 15) is 9.59 Å². The summed E-state index contributed by atoms with van der Waals surface area (Å²) < 4.78 is 0. The summed E-state index contributed by atoms with van der Waals surface area (Å²) in [4.78, 5) is 26.9. The minimum absolute atomic E-state index is 0.0399. The molecule has 4 heteroatoms. The predicted octanol–water partition coefficient (Wildman–Crippen LogP) is 3.15. The van der Waals surface area contributed by atoms with E-state index in [4.69, 9.17) is 0 Å². The van der Waals surface area contributed by atoms with Crippen LogP contribution in [0.3, 0.4) is 0 Å². The number of nitrogens with one attached hydrogen (secondary N) is 1. The van der Waals surface area contributed by atoms with Crippen molar-refractivity contribution >= 4 is 17.5 Å². The second-order valence-electron chi connectivity index (χ2n) is 6.47. The zero-order valence-electron chi connectivity index (χ0n) is 14.3. The molecule has 2 aromatic carbocycles. The second-order valence-corrected chi connectivity index (χ2v) is 6.47. The fourth-order valence-corrected chi connectivity index (χ4v) is 3.24. The van der Waals surface area contributed by atoms with E-state index in [0.29, 0.717) is 18.5 Å². The lowest BCUT2D eigenvalue weighted by molar-refractivity contribution is -0.118. The van der Waals surface area contributed by atoms with E-state index in [1.165, 1.54) is 0 Å². The first-order chi connectivity index (χ1) is 11.5. The summed E-state index contributed by atoms with van der Waals surface area (Å²) in [5.41, 5.74) is 4.70. The van der Waals surface area contributed by atoms with E-state index < -0.39 is 6.04 Å². The predicted molar refractivity (Wildman–Crippen MR) is 95.3 cm³/mol. The van der Waals surface area contributed by atoms with Gasteiger partial charge in [-0.15, -0.1) is 0 Å². The van der Waals surface area contributed by atoms with Crippen LogP contribution in [0.1, 0.15) is 33.5 Å². The molecule has 0 spiro atoms. The van der Waals surface area contributed by atoms with Crippen molar-refractivity contribution in [2.75, 3.05) is 11.4 Å². The Bertz CT molecular complexity index is 778. The third-order valence-electron chi connectivity index (χ3n) is 4.42. The zero-order chi connectivity index (χ0) is 17.3. The van der Waals surface area contributed by atoms with Crippen LogP contribution in [0.25, 0.3) is 0 Å². The van der Waals surface area contributed by atoms with Crippen LogP contribution in [-0.2, 0) is 4.79 Å². The number of hydrogen-bond donors (Lipinski definition) is 1. The summed E-state index contributed by atoms with van der Waals surface area (Å²) in [7, 11) is 0. The highest BCUT2D eigenvalue weighted by atomic mass is 16.2. The molecular weight excluding hydrogens is 300 g/mol. The minimum Gasteiger partial charge on any atom is -0.340 e. The Hall–Kier alpha value is -2.62. The van der Waals surface area contributed by atoms with Crippen molar-refractivity contribution < 1.29 is 9.59 Å². The molecule has 1 aliphatic rings. The van der Waals surface area contributed by atoms with Gasteiger partial charge in [-0.1, -0.05) is 24.3 Å². The molecular formula is C20H22N2O2. The van der Waals surface area contributed by atoms with Gasteiger partial charge in [0, 0.05) is 17.8 Å². The van der Waals surface area contributed by atoms with Gasteiger partial charge >= 0.3 is 0 Å². The fourth-order valence-electron chi connectivity index (χ4n) is 3.24. The molecule has 3 rings (SSSR count). The van der Waals surface area contributed by atoms with Gasteiger partial charge in [-0.05, 0) is 62.1 Å². The molecule has 0 saturated carbocycles. The highest BCUT2D eigenvalue weighted by molar-refractivity contribution is 6.04. The molecule has 124 valence electrons. The Kier molecular flexibility index (Phi) is 4.38. The largest absolute Gasteiger partial charge is 0.340 e. The summed E-state index contributed by atoms with van der Waals surface area (Å²) in [5.74, 6) is -0.226. The summed E-state index contributed by atoms with van der Waals surface area (Å²) in [6.07, 6.45) is 0.628. The van der Waals surface area contributed by atoms with Crippen LogP contribution < -0.4 is 10.2 Å². The third kappa shape index (κ3) is 3.18. The van der Waals surface area contributed by atoms with Gasteiger partial charge in [-0.2, -0.15) is 0 Å². The van der Waals surface area contributed by atoms with Crippen molar-refractivity contribution in [3.05, 3.63) is 64.7 Å². The number of rotatable bonds is 3. The number of benzene rings is 2. The summed E-state index contributed by atoms with van der Waals surface area (Å²) in [6, 6.07) is 13.1. The van der Waals surface area contributed by atoms with Gasteiger partial charge in [0.25, 0.3) is 5.91 Å². The summed E-state index contributed by atoms with van der Waals surface area (Å²) >= 11 is 0. The Labute approximate surface area is 142 Å². The summed E-state index contributed by atoms with van der Waals surface area (Å²) in [6.45, 7) is 6.57. The van der Waals surface area contributed by atoms with Gasteiger partial charge in [0.1, 0.15) is 6.04 Å². The van der Waals surface area contributed by atoms with Crippen molar-refractivity contribution in [1.29, 1.82) is 0 Å². The average Bonchev–Trinajstić information content (AvgIpc) is 2.87. The zero-order valence-corrected chi connectivity index (χ0v) is 14.3.